The molecule has 2 amide bonds. The number of nitro benzene ring substituents is 1. The van der Waals surface area contributed by atoms with Crippen LogP contribution >= 0.6 is 23.8 Å². The van der Waals surface area contributed by atoms with Gasteiger partial charge in [-0.2, -0.15) is 0 Å². The van der Waals surface area contributed by atoms with Crippen molar-refractivity contribution in [1.82, 2.24) is 5.32 Å². The van der Waals surface area contributed by atoms with Crippen LogP contribution in [0.2, 0.25) is 5.02 Å². The number of anilines is 1. The summed E-state index contributed by atoms with van der Waals surface area (Å²) in [5, 5.41) is 13.2. The molecule has 0 saturated carbocycles. The molecule has 4 rings (SSSR count). The van der Waals surface area contributed by atoms with E-state index in [1.807, 2.05) is 0 Å². The van der Waals surface area contributed by atoms with Gasteiger partial charge in [0.05, 0.1) is 22.7 Å². The van der Waals surface area contributed by atoms with E-state index in [4.69, 9.17) is 33.3 Å². The number of thiocarbonyl (C=S) groups is 1. The molecular weight excluding hydrogens is 525 g/mol. The quantitative estimate of drug-likeness (QED) is 0.150. The van der Waals surface area contributed by atoms with Gasteiger partial charge in [-0.05, 0) is 53.7 Å². The normalized spacial score (nSPS) is 14.5. The smallest absolute Gasteiger partial charge is 0.270 e. The summed E-state index contributed by atoms with van der Waals surface area (Å²) in [6, 6.07) is 14.4. The zero-order valence-electron chi connectivity index (χ0n) is 19.1. The lowest BCUT2D eigenvalue weighted by Gasteiger charge is -2.29. The van der Waals surface area contributed by atoms with Crippen LogP contribution in [0.4, 0.5) is 15.8 Å². The van der Waals surface area contributed by atoms with Crippen LogP contribution in [0.25, 0.3) is 6.08 Å². The van der Waals surface area contributed by atoms with Crippen molar-refractivity contribution in [1.29, 1.82) is 0 Å². The highest BCUT2D eigenvalue weighted by molar-refractivity contribution is 7.80. The Kier molecular flexibility index (Phi) is 7.46. The summed E-state index contributed by atoms with van der Waals surface area (Å²) in [5.74, 6) is -1.92. The number of ether oxygens (including phenoxy) is 2. The first-order valence-corrected chi connectivity index (χ1v) is 11.4. The highest BCUT2D eigenvalue weighted by Gasteiger charge is 2.35. The van der Waals surface area contributed by atoms with Crippen molar-refractivity contribution in [3.05, 3.63) is 98.3 Å². The molecule has 1 heterocycles. The fourth-order valence-electron chi connectivity index (χ4n) is 3.55. The van der Waals surface area contributed by atoms with Crippen LogP contribution in [0.3, 0.4) is 0 Å². The number of hydrogen-bond acceptors (Lipinski definition) is 7. The Hall–Kier alpha value is -4.35. The molecule has 0 aromatic heterocycles. The Morgan fingerprint density at radius 3 is 2.62 bits per heavy atom. The molecule has 1 aliphatic rings. The number of non-ortho nitro benzene ring substituents is 1. The predicted molar refractivity (Wildman–Crippen MR) is 138 cm³/mol. The molecule has 0 radical (unpaired) electrons. The molecule has 0 bridgehead atoms. The van der Waals surface area contributed by atoms with Gasteiger partial charge in [0, 0.05) is 12.1 Å². The maximum atomic E-state index is 14.4. The first kappa shape index (κ1) is 25.7. The lowest BCUT2D eigenvalue weighted by molar-refractivity contribution is -0.384. The standard InChI is InChI=1S/C25H17ClFN3O6S/c1-35-21-12-15(11-18(26)22(21)36-13-14-5-4-6-16(9-14)30(33)34)10-17-23(31)28-25(37)29(24(17)32)20-8-3-2-7-19(20)27/h2-12H,13H2,1H3,(H,28,31,37)/b17-10+. The molecule has 12 heteroatoms. The fourth-order valence-corrected chi connectivity index (χ4v) is 4.10. The number of rotatable bonds is 7. The third-order valence-electron chi connectivity index (χ3n) is 5.26. The molecule has 0 atom stereocenters. The van der Waals surface area contributed by atoms with E-state index in [2.05, 4.69) is 5.32 Å². The van der Waals surface area contributed by atoms with Crippen molar-refractivity contribution in [3.63, 3.8) is 0 Å². The van der Waals surface area contributed by atoms with E-state index in [0.717, 1.165) is 4.90 Å². The van der Waals surface area contributed by atoms with E-state index in [0.29, 0.717) is 11.1 Å². The number of carbonyl (C=O) groups is 2. The average Bonchev–Trinajstić information content (AvgIpc) is 2.86. The maximum absolute atomic E-state index is 14.4. The summed E-state index contributed by atoms with van der Waals surface area (Å²) in [7, 11) is 1.37. The maximum Gasteiger partial charge on any atom is 0.270 e. The fraction of sp³-hybridized carbons (Fsp3) is 0.0800. The van der Waals surface area contributed by atoms with Gasteiger partial charge >= 0.3 is 0 Å². The summed E-state index contributed by atoms with van der Waals surface area (Å²) in [6.07, 6.45) is 1.27. The van der Waals surface area contributed by atoms with E-state index < -0.39 is 22.6 Å². The molecule has 1 fully saturated rings. The van der Waals surface area contributed by atoms with Crippen LogP contribution in [0.1, 0.15) is 11.1 Å². The Balaban J connectivity index is 1.64. The third-order valence-corrected chi connectivity index (χ3v) is 5.83. The van der Waals surface area contributed by atoms with Gasteiger partial charge in [-0.1, -0.05) is 35.9 Å². The number of nitro groups is 1. The number of methoxy groups -OCH3 is 1. The van der Waals surface area contributed by atoms with Crippen molar-refractivity contribution in [2.75, 3.05) is 12.0 Å². The van der Waals surface area contributed by atoms with Crippen molar-refractivity contribution in [3.8, 4) is 11.5 Å². The summed E-state index contributed by atoms with van der Waals surface area (Å²) in [4.78, 5) is 37.1. The van der Waals surface area contributed by atoms with Crippen LogP contribution in [-0.4, -0.2) is 29.0 Å². The van der Waals surface area contributed by atoms with Crippen molar-refractivity contribution < 1.29 is 28.4 Å². The number of para-hydroxylation sites is 1. The number of carbonyl (C=O) groups excluding carboxylic acids is 2. The topological polar surface area (TPSA) is 111 Å². The molecule has 3 aromatic rings. The highest BCUT2D eigenvalue weighted by atomic mass is 35.5. The second-order valence-corrected chi connectivity index (χ2v) is 8.45. The zero-order chi connectivity index (χ0) is 26.7. The SMILES string of the molecule is COc1cc(/C=C2\C(=O)NC(=S)N(c3ccccc3F)C2=O)cc(Cl)c1OCc1cccc([N+](=O)[O-])c1. The molecule has 1 aliphatic heterocycles. The molecule has 9 nitrogen and oxygen atoms in total. The van der Waals surface area contributed by atoms with Crippen LogP contribution in [0, 0.1) is 15.9 Å². The summed E-state index contributed by atoms with van der Waals surface area (Å²) < 4.78 is 25.5. The molecule has 0 aliphatic carbocycles. The first-order chi connectivity index (χ1) is 17.7. The Morgan fingerprint density at radius 1 is 1.16 bits per heavy atom. The van der Waals surface area contributed by atoms with Crippen molar-refractivity contribution >= 4 is 58.2 Å². The average molecular weight is 542 g/mol. The van der Waals surface area contributed by atoms with Crippen LogP contribution in [0.5, 0.6) is 11.5 Å². The van der Waals surface area contributed by atoms with Gasteiger partial charge in [0.1, 0.15) is 18.0 Å². The van der Waals surface area contributed by atoms with Crippen molar-refractivity contribution in [2.45, 2.75) is 6.61 Å². The van der Waals surface area contributed by atoms with E-state index in [1.54, 1.807) is 6.07 Å². The van der Waals surface area contributed by atoms with Gasteiger partial charge in [-0.25, -0.2) is 9.29 Å². The van der Waals surface area contributed by atoms with E-state index in [9.17, 15) is 24.1 Å². The second kappa shape index (κ2) is 10.7. The first-order valence-electron chi connectivity index (χ1n) is 10.6. The van der Waals surface area contributed by atoms with Gasteiger partial charge in [0.15, 0.2) is 16.6 Å². The lowest BCUT2D eigenvalue weighted by Crippen LogP contribution is -2.54. The molecule has 0 spiro atoms. The van der Waals surface area contributed by atoms with Crippen LogP contribution in [-0.2, 0) is 16.2 Å². The van der Waals surface area contributed by atoms with Gasteiger partial charge < -0.3 is 9.47 Å². The summed E-state index contributed by atoms with van der Waals surface area (Å²) >= 11 is 11.5. The molecule has 37 heavy (non-hydrogen) atoms. The minimum atomic E-state index is -0.820. The number of halogens is 2. The Morgan fingerprint density at radius 2 is 1.92 bits per heavy atom. The minimum Gasteiger partial charge on any atom is -0.493 e. The number of benzene rings is 3. The number of amides is 2. The van der Waals surface area contributed by atoms with Crippen LogP contribution < -0.4 is 19.7 Å². The Bertz CT molecular complexity index is 1480. The minimum absolute atomic E-state index is 0.0336. The van der Waals surface area contributed by atoms with E-state index in [-0.39, 0.29) is 45.2 Å². The second-order valence-electron chi connectivity index (χ2n) is 7.66. The number of nitrogens with zero attached hydrogens (tertiary/aromatic N) is 2. The van der Waals surface area contributed by atoms with Crippen LogP contribution in [0.15, 0.2) is 66.2 Å². The number of hydrogen-bond donors (Lipinski definition) is 1. The van der Waals surface area contributed by atoms with Crippen molar-refractivity contribution in [2.24, 2.45) is 0 Å². The zero-order valence-corrected chi connectivity index (χ0v) is 20.6. The summed E-state index contributed by atoms with van der Waals surface area (Å²) in [6.45, 7) is -0.0336. The monoisotopic (exact) mass is 541 g/mol. The molecular formula is C25H17ClFN3O6S. The lowest BCUT2D eigenvalue weighted by atomic mass is 10.1. The molecule has 1 N–H and O–H groups in total. The van der Waals surface area contributed by atoms with Gasteiger partial charge in [-0.15, -0.1) is 0 Å². The molecule has 0 unspecified atom stereocenters. The highest BCUT2D eigenvalue weighted by Crippen LogP contribution is 2.38. The molecule has 1 saturated heterocycles. The van der Waals surface area contributed by atoms with E-state index >= 15 is 0 Å². The largest absolute Gasteiger partial charge is 0.493 e. The third kappa shape index (κ3) is 5.42. The molecule has 188 valence electrons. The predicted octanol–water partition coefficient (Wildman–Crippen LogP) is 4.81. The van der Waals surface area contributed by atoms with E-state index in [1.165, 1.54) is 67.8 Å². The summed E-state index contributed by atoms with van der Waals surface area (Å²) in [5.41, 5.74) is 0.362. The van der Waals surface area contributed by atoms with Gasteiger partial charge in [0.25, 0.3) is 17.5 Å². The van der Waals surface area contributed by atoms with Gasteiger partial charge in [-0.3, -0.25) is 25.0 Å². The molecule has 3 aromatic carbocycles. The van der Waals surface area contributed by atoms with Gasteiger partial charge in [0.2, 0.25) is 0 Å². The Labute approximate surface area is 220 Å². The number of nitrogens with one attached hydrogen (secondary N) is 1.